The molecule has 1 aromatic rings. The lowest BCUT2D eigenvalue weighted by atomic mass is 9.89. The summed E-state index contributed by atoms with van der Waals surface area (Å²) >= 11 is 0. The van der Waals surface area contributed by atoms with Crippen LogP contribution in [0.15, 0.2) is 18.3 Å². The molecule has 2 fully saturated rings. The van der Waals surface area contributed by atoms with E-state index < -0.39 is 5.82 Å². The van der Waals surface area contributed by atoms with Crippen molar-refractivity contribution in [2.45, 2.75) is 31.0 Å². The number of likely N-dealkylation sites (N-methyl/N-ethyl adjacent to an activating group) is 1. The summed E-state index contributed by atoms with van der Waals surface area (Å²) in [5.74, 6) is -0.332. The zero-order chi connectivity index (χ0) is 13.3. The van der Waals surface area contributed by atoms with Crippen LogP contribution in [0.3, 0.4) is 0 Å². The molecule has 2 saturated heterocycles. The number of hydrogen-bond donors (Lipinski definition) is 0. The zero-order valence-electron chi connectivity index (χ0n) is 11.1. The van der Waals surface area contributed by atoms with Crippen molar-refractivity contribution in [3.05, 3.63) is 24.1 Å². The van der Waals surface area contributed by atoms with E-state index in [0.29, 0.717) is 6.61 Å². The smallest absolute Gasteiger partial charge is 0.250 e. The van der Waals surface area contributed by atoms with Crippen LogP contribution >= 0.6 is 0 Å². The van der Waals surface area contributed by atoms with Gasteiger partial charge in [-0.3, -0.25) is 0 Å². The Labute approximate surface area is 112 Å². The Kier molecular flexibility index (Phi) is 3.41. The van der Waals surface area contributed by atoms with Crippen LogP contribution in [0.2, 0.25) is 0 Å². The molecule has 2 aliphatic rings. The first-order chi connectivity index (χ1) is 9.17. The maximum Gasteiger partial charge on any atom is 0.250 e. The van der Waals surface area contributed by atoms with Gasteiger partial charge in [-0.15, -0.1) is 0 Å². The summed E-state index contributed by atoms with van der Waals surface area (Å²) in [5, 5.41) is 0. The van der Waals surface area contributed by atoms with Crippen LogP contribution in [0.25, 0.3) is 0 Å². The lowest BCUT2D eigenvalue weighted by molar-refractivity contribution is -0.0458. The van der Waals surface area contributed by atoms with E-state index in [1.54, 1.807) is 12.3 Å². The highest BCUT2D eigenvalue weighted by atomic mass is 19.1. The zero-order valence-corrected chi connectivity index (χ0v) is 11.1. The Morgan fingerprint density at radius 3 is 3.26 bits per heavy atom. The van der Waals surface area contributed by atoms with E-state index in [1.165, 1.54) is 6.07 Å². The van der Waals surface area contributed by atoms with E-state index in [1.807, 2.05) is 0 Å². The first-order valence-electron chi connectivity index (χ1n) is 6.77. The highest BCUT2D eigenvalue weighted by molar-refractivity contribution is 5.13. The number of rotatable bonds is 2. The molecule has 1 aromatic heterocycles. The van der Waals surface area contributed by atoms with Crippen molar-refractivity contribution in [2.24, 2.45) is 0 Å². The van der Waals surface area contributed by atoms with Gasteiger partial charge in [-0.1, -0.05) is 0 Å². The lowest BCUT2D eigenvalue weighted by Gasteiger charge is -2.37. The summed E-state index contributed by atoms with van der Waals surface area (Å²) < 4.78 is 25.1. The van der Waals surface area contributed by atoms with Gasteiger partial charge < -0.3 is 14.4 Å². The Balaban J connectivity index is 1.64. The minimum Gasteiger partial charge on any atom is -0.470 e. The first-order valence-corrected chi connectivity index (χ1v) is 6.77. The van der Waals surface area contributed by atoms with Crippen molar-refractivity contribution >= 4 is 0 Å². The summed E-state index contributed by atoms with van der Waals surface area (Å²) in [7, 11) is 2.11. The van der Waals surface area contributed by atoms with E-state index in [2.05, 4.69) is 16.9 Å². The van der Waals surface area contributed by atoms with Gasteiger partial charge in [-0.2, -0.15) is 0 Å². The van der Waals surface area contributed by atoms with E-state index in [9.17, 15) is 4.39 Å². The molecule has 3 rings (SSSR count). The van der Waals surface area contributed by atoms with E-state index in [4.69, 9.17) is 9.47 Å². The van der Waals surface area contributed by atoms with Crippen LogP contribution in [0, 0.1) is 5.82 Å². The van der Waals surface area contributed by atoms with Gasteiger partial charge in [-0.05, 0) is 38.6 Å². The molecule has 3 heterocycles. The van der Waals surface area contributed by atoms with E-state index in [-0.39, 0.29) is 17.6 Å². The normalized spacial score (nSPS) is 31.8. The van der Waals surface area contributed by atoms with Crippen LogP contribution in [0.1, 0.15) is 19.3 Å². The number of aromatic nitrogens is 1. The monoisotopic (exact) mass is 266 g/mol. The molecule has 5 heteroatoms. The summed E-state index contributed by atoms with van der Waals surface area (Å²) in [6.07, 6.45) is 4.45. The fraction of sp³-hybridized carbons (Fsp3) is 0.643. The fourth-order valence-electron chi connectivity index (χ4n) is 3.10. The molecule has 0 aliphatic carbocycles. The third kappa shape index (κ3) is 2.72. The summed E-state index contributed by atoms with van der Waals surface area (Å²) in [6.45, 7) is 2.56. The van der Waals surface area contributed by atoms with Crippen molar-refractivity contribution in [2.75, 3.05) is 26.7 Å². The SMILES string of the molecule is CN1CCC[C@]2(C[C@@H](Oc3ncccc3F)CO2)C1. The Morgan fingerprint density at radius 2 is 2.47 bits per heavy atom. The standard InChI is InChI=1S/C14H19FN2O2/c1-17-7-3-5-14(10-17)8-11(9-18-14)19-13-12(15)4-2-6-16-13/h2,4,6,11H,3,5,7-10H2,1H3/t11-,14+/m1/s1. The van der Waals surface area contributed by atoms with Crippen molar-refractivity contribution in [1.29, 1.82) is 0 Å². The molecule has 0 radical (unpaired) electrons. The van der Waals surface area contributed by atoms with Crippen molar-refractivity contribution in [3.63, 3.8) is 0 Å². The molecule has 104 valence electrons. The summed E-state index contributed by atoms with van der Waals surface area (Å²) in [6, 6.07) is 2.92. The molecule has 2 atom stereocenters. The van der Waals surface area contributed by atoms with E-state index >= 15 is 0 Å². The number of halogens is 1. The van der Waals surface area contributed by atoms with Crippen LogP contribution in [0.4, 0.5) is 4.39 Å². The van der Waals surface area contributed by atoms with Crippen molar-refractivity contribution in [3.8, 4) is 5.88 Å². The number of nitrogens with zero attached hydrogens (tertiary/aromatic N) is 2. The number of pyridine rings is 1. The molecule has 0 amide bonds. The Morgan fingerprint density at radius 1 is 1.58 bits per heavy atom. The van der Waals surface area contributed by atoms with Crippen LogP contribution in [-0.4, -0.2) is 48.3 Å². The average molecular weight is 266 g/mol. The van der Waals surface area contributed by atoms with Crippen molar-refractivity contribution in [1.82, 2.24) is 9.88 Å². The van der Waals surface area contributed by atoms with Crippen molar-refractivity contribution < 1.29 is 13.9 Å². The highest BCUT2D eigenvalue weighted by Gasteiger charge is 2.43. The number of likely N-dealkylation sites (tertiary alicyclic amines) is 1. The second kappa shape index (κ2) is 5.06. The maximum absolute atomic E-state index is 13.5. The van der Waals surface area contributed by atoms with Gasteiger partial charge in [0.05, 0.1) is 12.2 Å². The van der Waals surface area contributed by atoms with Gasteiger partial charge in [0.2, 0.25) is 0 Å². The highest BCUT2D eigenvalue weighted by Crippen LogP contribution is 2.35. The van der Waals surface area contributed by atoms with E-state index in [0.717, 1.165) is 32.4 Å². The van der Waals surface area contributed by atoms with Gasteiger partial charge in [0.15, 0.2) is 5.82 Å². The molecule has 1 spiro atoms. The summed E-state index contributed by atoms with van der Waals surface area (Å²) in [4.78, 5) is 6.21. The average Bonchev–Trinajstić information content (AvgIpc) is 2.75. The second-order valence-electron chi connectivity index (χ2n) is 5.57. The quantitative estimate of drug-likeness (QED) is 0.818. The predicted octanol–water partition coefficient (Wildman–Crippen LogP) is 1.85. The van der Waals surface area contributed by atoms with Gasteiger partial charge in [-0.25, -0.2) is 9.37 Å². The van der Waals surface area contributed by atoms with Gasteiger partial charge in [0, 0.05) is 19.2 Å². The topological polar surface area (TPSA) is 34.6 Å². The minimum absolute atomic E-state index is 0.0808. The number of piperidine rings is 1. The summed E-state index contributed by atoms with van der Waals surface area (Å²) in [5.41, 5.74) is -0.108. The molecule has 19 heavy (non-hydrogen) atoms. The second-order valence-corrected chi connectivity index (χ2v) is 5.57. The van der Waals surface area contributed by atoms with Crippen LogP contribution in [0.5, 0.6) is 5.88 Å². The molecule has 0 bridgehead atoms. The van der Waals surface area contributed by atoms with Crippen LogP contribution < -0.4 is 4.74 Å². The molecule has 0 saturated carbocycles. The third-order valence-electron chi connectivity index (χ3n) is 3.91. The molecule has 0 aromatic carbocycles. The Hall–Kier alpha value is -1.20. The number of ether oxygens (including phenoxy) is 2. The molecule has 0 unspecified atom stereocenters. The molecular weight excluding hydrogens is 247 g/mol. The molecule has 2 aliphatic heterocycles. The molecule has 0 N–H and O–H groups in total. The Bertz CT molecular complexity index is 457. The minimum atomic E-state index is -0.413. The van der Waals surface area contributed by atoms with Gasteiger partial charge in [0.1, 0.15) is 6.10 Å². The fourth-order valence-corrected chi connectivity index (χ4v) is 3.10. The first kappa shape index (κ1) is 12.8. The predicted molar refractivity (Wildman–Crippen MR) is 68.6 cm³/mol. The third-order valence-corrected chi connectivity index (χ3v) is 3.91. The largest absolute Gasteiger partial charge is 0.470 e. The van der Waals surface area contributed by atoms with Crippen LogP contribution in [-0.2, 0) is 4.74 Å². The molecule has 4 nitrogen and oxygen atoms in total. The number of hydrogen-bond acceptors (Lipinski definition) is 4. The lowest BCUT2D eigenvalue weighted by Crippen LogP contribution is -2.46. The van der Waals surface area contributed by atoms with Gasteiger partial charge >= 0.3 is 0 Å². The molecular formula is C14H19FN2O2. The van der Waals surface area contributed by atoms with Gasteiger partial charge in [0.25, 0.3) is 5.88 Å². The maximum atomic E-state index is 13.5.